The van der Waals surface area contributed by atoms with Gasteiger partial charge in [0, 0.05) is 13.1 Å². The molecular weight excluding hydrogens is 174 g/mol. The van der Waals surface area contributed by atoms with Crippen LogP contribution >= 0.6 is 0 Å². The second-order valence-corrected chi connectivity index (χ2v) is 2.84. The van der Waals surface area contributed by atoms with Crippen molar-refractivity contribution in [1.82, 2.24) is 4.68 Å². The van der Waals surface area contributed by atoms with Crippen molar-refractivity contribution in [2.24, 2.45) is 0 Å². The zero-order valence-electron chi connectivity index (χ0n) is 7.10. The van der Waals surface area contributed by atoms with E-state index in [9.17, 15) is 4.79 Å². The quantitative estimate of drug-likeness (QED) is 0.567. The predicted octanol–water partition coefficient (Wildman–Crippen LogP) is -1.01. The van der Waals surface area contributed by atoms with E-state index in [4.69, 9.17) is 15.0 Å². The predicted molar refractivity (Wildman–Crippen MR) is 46.2 cm³/mol. The Balaban J connectivity index is 2.19. The number of oxazole rings is 1. The first kappa shape index (κ1) is 8.18. The molecule has 0 saturated carbocycles. The third-order valence-corrected chi connectivity index (χ3v) is 1.97. The molecule has 0 unspecified atom stereocenters. The summed E-state index contributed by atoms with van der Waals surface area (Å²) in [5.74, 6) is 5.27. The van der Waals surface area contributed by atoms with Gasteiger partial charge in [-0.3, -0.25) is 0 Å². The Morgan fingerprint density at radius 3 is 2.62 bits per heavy atom. The Kier molecular flexibility index (Phi) is 1.97. The molecule has 2 N–H and O–H groups in total. The lowest BCUT2D eigenvalue weighted by Crippen LogP contribution is -2.36. The molecule has 2 rings (SSSR count). The van der Waals surface area contributed by atoms with Gasteiger partial charge in [-0.1, -0.05) is 0 Å². The van der Waals surface area contributed by atoms with E-state index in [0.29, 0.717) is 19.1 Å². The summed E-state index contributed by atoms with van der Waals surface area (Å²) in [6.07, 6.45) is 1.48. The van der Waals surface area contributed by atoms with Crippen molar-refractivity contribution >= 4 is 5.88 Å². The molecule has 1 saturated heterocycles. The maximum atomic E-state index is 10.9. The molecule has 0 atom stereocenters. The Hall–Kier alpha value is -1.43. The van der Waals surface area contributed by atoms with Crippen LogP contribution in [0, 0.1) is 0 Å². The molecule has 72 valence electrons. The second kappa shape index (κ2) is 3.14. The van der Waals surface area contributed by atoms with Gasteiger partial charge in [0.15, 0.2) is 0 Å². The van der Waals surface area contributed by atoms with E-state index in [0.717, 1.165) is 17.8 Å². The third-order valence-electron chi connectivity index (χ3n) is 1.97. The Bertz CT molecular complexity index is 337. The standard InChI is InChI=1S/C7H11N3O3/c8-10-5-6(13-7(10)11)9-1-3-12-4-2-9/h5H,1-4,8H2. The fourth-order valence-electron chi connectivity index (χ4n) is 1.27. The molecule has 0 aromatic carbocycles. The highest BCUT2D eigenvalue weighted by Crippen LogP contribution is 2.11. The number of nitrogen functional groups attached to an aromatic ring is 1. The van der Waals surface area contributed by atoms with Crippen LogP contribution < -0.4 is 16.5 Å². The number of nitrogens with zero attached hydrogens (tertiary/aromatic N) is 2. The molecule has 13 heavy (non-hydrogen) atoms. The van der Waals surface area contributed by atoms with E-state index in [1.165, 1.54) is 6.20 Å². The van der Waals surface area contributed by atoms with Crippen molar-refractivity contribution in [3.05, 3.63) is 16.7 Å². The number of morpholine rings is 1. The van der Waals surface area contributed by atoms with E-state index in [1.54, 1.807) is 0 Å². The molecule has 0 amide bonds. The second-order valence-electron chi connectivity index (χ2n) is 2.84. The van der Waals surface area contributed by atoms with Crippen LogP contribution in [0.25, 0.3) is 0 Å². The van der Waals surface area contributed by atoms with Crippen molar-refractivity contribution < 1.29 is 9.15 Å². The summed E-state index contributed by atoms with van der Waals surface area (Å²) in [6, 6.07) is 0. The fraction of sp³-hybridized carbons (Fsp3) is 0.571. The topological polar surface area (TPSA) is 73.6 Å². The van der Waals surface area contributed by atoms with Crippen LogP contribution in [0.2, 0.25) is 0 Å². The van der Waals surface area contributed by atoms with E-state index in [1.807, 2.05) is 4.90 Å². The minimum absolute atomic E-state index is 0.510. The summed E-state index contributed by atoms with van der Waals surface area (Å²) >= 11 is 0. The van der Waals surface area contributed by atoms with Gasteiger partial charge < -0.3 is 19.9 Å². The van der Waals surface area contributed by atoms with E-state index >= 15 is 0 Å². The Labute approximate surface area is 74.5 Å². The SMILES string of the molecule is Nn1cc(N2CCOCC2)oc1=O. The molecule has 1 aromatic rings. The van der Waals surface area contributed by atoms with Gasteiger partial charge in [0.05, 0.1) is 19.4 Å². The van der Waals surface area contributed by atoms with Gasteiger partial charge in [-0.25, -0.2) is 4.79 Å². The molecule has 0 bridgehead atoms. The lowest BCUT2D eigenvalue weighted by atomic mass is 10.4. The highest BCUT2D eigenvalue weighted by Gasteiger charge is 2.15. The minimum Gasteiger partial charge on any atom is -0.390 e. The van der Waals surface area contributed by atoms with E-state index < -0.39 is 5.76 Å². The molecule has 1 fully saturated rings. The van der Waals surface area contributed by atoms with Crippen molar-refractivity contribution in [2.75, 3.05) is 37.0 Å². The molecule has 0 aliphatic carbocycles. The maximum absolute atomic E-state index is 10.9. The van der Waals surface area contributed by atoms with Crippen molar-refractivity contribution in [1.29, 1.82) is 0 Å². The van der Waals surface area contributed by atoms with Gasteiger partial charge in [-0.2, -0.15) is 4.68 Å². The number of anilines is 1. The molecule has 1 aliphatic rings. The number of rotatable bonds is 1. The highest BCUT2D eigenvalue weighted by molar-refractivity contribution is 5.32. The molecule has 0 spiro atoms. The monoisotopic (exact) mass is 185 g/mol. The first-order valence-corrected chi connectivity index (χ1v) is 4.07. The summed E-state index contributed by atoms with van der Waals surface area (Å²) in [5.41, 5.74) is 0. The van der Waals surface area contributed by atoms with Gasteiger partial charge in [0.25, 0.3) is 0 Å². The van der Waals surface area contributed by atoms with Crippen LogP contribution in [-0.2, 0) is 4.74 Å². The van der Waals surface area contributed by atoms with E-state index in [-0.39, 0.29) is 0 Å². The zero-order valence-corrected chi connectivity index (χ0v) is 7.10. The normalized spacial score (nSPS) is 17.7. The summed E-state index contributed by atoms with van der Waals surface area (Å²) < 4.78 is 11.0. The number of nitrogens with two attached hydrogens (primary N) is 1. The average Bonchev–Trinajstić information content (AvgIpc) is 2.49. The highest BCUT2D eigenvalue weighted by atomic mass is 16.5. The summed E-state index contributed by atoms with van der Waals surface area (Å²) in [6.45, 7) is 2.76. The van der Waals surface area contributed by atoms with Gasteiger partial charge in [-0.05, 0) is 0 Å². The summed E-state index contributed by atoms with van der Waals surface area (Å²) in [7, 11) is 0. The first-order valence-electron chi connectivity index (χ1n) is 4.07. The van der Waals surface area contributed by atoms with Crippen LogP contribution in [-0.4, -0.2) is 31.0 Å². The van der Waals surface area contributed by atoms with Gasteiger partial charge in [0.2, 0.25) is 5.88 Å². The molecule has 1 aliphatic heterocycles. The molecule has 0 radical (unpaired) electrons. The van der Waals surface area contributed by atoms with Crippen LogP contribution in [0.3, 0.4) is 0 Å². The van der Waals surface area contributed by atoms with E-state index in [2.05, 4.69) is 0 Å². The van der Waals surface area contributed by atoms with Gasteiger partial charge >= 0.3 is 5.76 Å². The summed E-state index contributed by atoms with van der Waals surface area (Å²) in [4.78, 5) is 12.8. The van der Waals surface area contributed by atoms with Crippen LogP contribution in [0.15, 0.2) is 15.4 Å². The smallest absolute Gasteiger partial charge is 0.390 e. The number of hydrogen-bond acceptors (Lipinski definition) is 5. The van der Waals surface area contributed by atoms with Crippen LogP contribution in [0.4, 0.5) is 5.88 Å². The summed E-state index contributed by atoms with van der Waals surface area (Å²) in [5, 5.41) is 0. The van der Waals surface area contributed by atoms with Crippen molar-refractivity contribution in [3.63, 3.8) is 0 Å². The molecular formula is C7H11N3O3. The third kappa shape index (κ3) is 1.52. The molecule has 2 heterocycles. The first-order chi connectivity index (χ1) is 6.27. The van der Waals surface area contributed by atoms with Crippen LogP contribution in [0.5, 0.6) is 0 Å². The maximum Gasteiger partial charge on any atom is 0.439 e. The number of aromatic nitrogens is 1. The van der Waals surface area contributed by atoms with Gasteiger partial charge in [-0.15, -0.1) is 0 Å². The Morgan fingerprint density at radius 1 is 1.38 bits per heavy atom. The van der Waals surface area contributed by atoms with Crippen molar-refractivity contribution in [3.8, 4) is 0 Å². The molecule has 1 aromatic heterocycles. The number of ether oxygens (including phenoxy) is 1. The zero-order chi connectivity index (χ0) is 9.26. The lowest BCUT2D eigenvalue weighted by Gasteiger charge is -2.25. The number of hydrogen-bond donors (Lipinski definition) is 1. The lowest BCUT2D eigenvalue weighted by molar-refractivity contribution is 0.120. The average molecular weight is 185 g/mol. The van der Waals surface area contributed by atoms with Crippen molar-refractivity contribution in [2.45, 2.75) is 0 Å². The minimum atomic E-state index is -0.540. The molecule has 6 heteroatoms. The van der Waals surface area contributed by atoms with Crippen LogP contribution in [0.1, 0.15) is 0 Å². The fourth-order valence-corrected chi connectivity index (χ4v) is 1.27. The van der Waals surface area contributed by atoms with Gasteiger partial charge in [0.1, 0.15) is 0 Å². The molecule has 6 nitrogen and oxygen atoms in total. The Morgan fingerprint density at radius 2 is 2.08 bits per heavy atom. The largest absolute Gasteiger partial charge is 0.439 e.